The molecule has 0 aromatic heterocycles. The van der Waals surface area contributed by atoms with E-state index in [0.717, 1.165) is 16.7 Å². The van der Waals surface area contributed by atoms with E-state index in [0.29, 0.717) is 5.75 Å². The zero-order chi connectivity index (χ0) is 16.4. The van der Waals surface area contributed by atoms with Crippen molar-refractivity contribution in [2.75, 3.05) is 7.11 Å². The molecule has 0 aliphatic rings. The van der Waals surface area contributed by atoms with Crippen LogP contribution in [-0.2, 0) is 31.0 Å². The lowest BCUT2D eigenvalue weighted by atomic mass is 9.78. The van der Waals surface area contributed by atoms with Gasteiger partial charge in [0.1, 0.15) is 12.4 Å². The summed E-state index contributed by atoms with van der Waals surface area (Å²) in [5.74, 6) is 0.329. The van der Waals surface area contributed by atoms with Crippen molar-refractivity contribution >= 4 is 8.25 Å². The molecule has 0 aliphatic carbocycles. The number of rotatable bonds is 4. The lowest BCUT2D eigenvalue weighted by Gasteiger charge is -2.28. The number of phenolic OH excluding ortho intramolecular Hbond substituents is 1. The van der Waals surface area contributed by atoms with E-state index in [4.69, 9.17) is 4.52 Å². The van der Waals surface area contributed by atoms with E-state index < -0.39 is 8.25 Å². The number of aromatic hydroxyl groups is 1. The molecule has 0 saturated carbocycles. The summed E-state index contributed by atoms with van der Waals surface area (Å²) >= 11 is 0. The van der Waals surface area contributed by atoms with Crippen LogP contribution in [-0.4, -0.2) is 12.2 Å². The number of phenols is 1. The first-order chi connectivity index (χ1) is 9.46. The maximum absolute atomic E-state index is 11.3. The average Bonchev–Trinajstić information content (AvgIpc) is 2.34. The quantitative estimate of drug-likeness (QED) is 0.811. The lowest BCUT2D eigenvalue weighted by Crippen LogP contribution is -2.18. The van der Waals surface area contributed by atoms with Gasteiger partial charge < -0.3 is 5.11 Å². The molecule has 4 nitrogen and oxygen atoms in total. The summed E-state index contributed by atoms with van der Waals surface area (Å²) in [5, 5.41) is 10.6. The van der Waals surface area contributed by atoms with Gasteiger partial charge in [0.15, 0.2) is 0 Å². The van der Waals surface area contributed by atoms with Crippen molar-refractivity contribution in [3.63, 3.8) is 0 Å². The van der Waals surface area contributed by atoms with Gasteiger partial charge in [0.25, 0.3) is 0 Å². The van der Waals surface area contributed by atoms with Crippen molar-refractivity contribution in [2.45, 2.75) is 59.0 Å². The molecule has 1 unspecified atom stereocenters. The Hall–Kier alpha value is -0.960. The van der Waals surface area contributed by atoms with Crippen LogP contribution in [0.5, 0.6) is 5.75 Å². The highest BCUT2D eigenvalue weighted by atomic mass is 31.1. The highest BCUT2D eigenvalue weighted by Gasteiger charge is 2.27. The highest BCUT2D eigenvalue weighted by Crippen LogP contribution is 2.40. The van der Waals surface area contributed by atoms with Gasteiger partial charge in [-0.05, 0) is 39.7 Å². The molecular weight excluding hydrogens is 287 g/mol. The van der Waals surface area contributed by atoms with E-state index in [9.17, 15) is 9.67 Å². The second-order valence-corrected chi connectivity index (χ2v) is 8.29. The second kappa shape index (κ2) is 6.43. The molecular formula is C16H26O4P+. The van der Waals surface area contributed by atoms with Gasteiger partial charge in [0.2, 0.25) is 0 Å². The Morgan fingerprint density at radius 2 is 1.48 bits per heavy atom. The predicted molar refractivity (Wildman–Crippen MR) is 84.9 cm³/mol. The molecule has 0 fully saturated rings. The summed E-state index contributed by atoms with van der Waals surface area (Å²) in [6.45, 7) is 12.5. The van der Waals surface area contributed by atoms with Crippen LogP contribution in [0.15, 0.2) is 12.1 Å². The maximum atomic E-state index is 11.3. The fraction of sp³-hybridized carbons (Fsp3) is 0.625. The minimum absolute atomic E-state index is 0.190. The standard InChI is InChI=1S/C16H25O4P/c1-15(2,3)12-8-11(10-20-21(18)19-7)9-13(14(12)17)16(4,5)6/h8-9H,10H2,1-7H3/p+1. The van der Waals surface area contributed by atoms with Gasteiger partial charge in [-0.2, -0.15) is 0 Å². The van der Waals surface area contributed by atoms with Gasteiger partial charge in [-0.25, -0.2) is 0 Å². The van der Waals surface area contributed by atoms with E-state index in [-0.39, 0.29) is 17.4 Å². The fourth-order valence-electron chi connectivity index (χ4n) is 2.10. The van der Waals surface area contributed by atoms with Crippen LogP contribution in [0, 0.1) is 0 Å². The van der Waals surface area contributed by atoms with Crippen LogP contribution in [0.1, 0.15) is 58.2 Å². The molecule has 0 heterocycles. The highest BCUT2D eigenvalue weighted by molar-refractivity contribution is 7.33. The zero-order valence-electron chi connectivity index (χ0n) is 14.0. The van der Waals surface area contributed by atoms with E-state index in [1.807, 2.05) is 12.1 Å². The van der Waals surface area contributed by atoms with Crippen molar-refractivity contribution in [3.05, 3.63) is 28.8 Å². The lowest BCUT2D eigenvalue weighted by molar-refractivity contribution is 0.248. The molecule has 118 valence electrons. The Labute approximate surface area is 128 Å². The van der Waals surface area contributed by atoms with Crippen molar-refractivity contribution < 1.29 is 18.7 Å². The topological polar surface area (TPSA) is 55.8 Å². The summed E-state index contributed by atoms with van der Waals surface area (Å²) in [4.78, 5) is 0. The van der Waals surface area contributed by atoms with Crippen LogP contribution in [0.2, 0.25) is 0 Å². The van der Waals surface area contributed by atoms with E-state index in [2.05, 4.69) is 46.1 Å². The molecule has 1 N–H and O–H groups in total. The molecule has 0 bridgehead atoms. The Morgan fingerprint density at radius 3 is 1.81 bits per heavy atom. The van der Waals surface area contributed by atoms with Crippen molar-refractivity contribution in [2.24, 2.45) is 0 Å². The second-order valence-electron chi connectivity index (χ2n) is 7.22. The molecule has 0 spiro atoms. The van der Waals surface area contributed by atoms with Crippen LogP contribution >= 0.6 is 8.25 Å². The van der Waals surface area contributed by atoms with E-state index in [1.165, 1.54) is 7.11 Å². The minimum atomic E-state index is -2.10. The molecule has 1 aromatic rings. The van der Waals surface area contributed by atoms with Crippen LogP contribution in [0.25, 0.3) is 0 Å². The van der Waals surface area contributed by atoms with Gasteiger partial charge in [0, 0.05) is 4.57 Å². The summed E-state index contributed by atoms with van der Waals surface area (Å²) in [7, 11) is -0.754. The zero-order valence-corrected chi connectivity index (χ0v) is 14.9. The first kappa shape index (κ1) is 18.1. The third-order valence-electron chi connectivity index (χ3n) is 3.27. The van der Waals surface area contributed by atoms with Gasteiger partial charge >= 0.3 is 8.25 Å². The van der Waals surface area contributed by atoms with Gasteiger partial charge in [-0.1, -0.05) is 41.5 Å². The minimum Gasteiger partial charge on any atom is -0.507 e. The Balaban J connectivity index is 3.31. The average molecular weight is 313 g/mol. The van der Waals surface area contributed by atoms with E-state index in [1.54, 1.807) is 0 Å². The molecule has 0 saturated heterocycles. The summed E-state index contributed by atoms with van der Waals surface area (Å²) in [6, 6.07) is 3.81. The molecule has 1 rings (SSSR count). The van der Waals surface area contributed by atoms with Crippen LogP contribution < -0.4 is 0 Å². The number of hydrogen-bond donors (Lipinski definition) is 1. The fourth-order valence-corrected chi connectivity index (χ4v) is 2.46. The van der Waals surface area contributed by atoms with Gasteiger partial charge in [-0.3, -0.25) is 0 Å². The number of benzene rings is 1. The molecule has 0 aliphatic heterocycles. The smallest absolute Gasteiger partial charge is 0.507 e. The molecule has 0 amide bonds. The van der Waals surface area contributed by atoms with Crippen molar-refractivity contribution in [3.8, 4) is 5.75 Å². The first-order valence-electron chi connectivity index (χ1n) is 6.98. The summed E-state index contributed by atoms with van der Waals surface area (Å²) in [6.07, 6.45) is 0. The predicted octanol–water partition coefficient (Wildman–Crippen LogP) is 4.81. The maximum Gasteiger partial charge on any atom is 0.697 e. The molecule has 21 heavy (non-hydrogen) atoms. The molecule has 1 aromatic carbocycles. The summed E-state index contributed by atoms with van der Waals surface area (Å²) in [5.41, 5.74) is 2.22. The Bertz CT molecular complexity index is 489. The third kappa shape index (κ3) is 4.77. The Morgan fingerprint density at radius 1 is 1.05 bits per heavy atom. The Kier molecular flexibility index (Phi) is 5.54. The summed E-state index contributed by atoms with van der Waals surface area (Å²) < 4.78 is 21.1. The van der Waals surface area contributed by atoms with Crippen molar-refractivity contribution in [1.29, 1.82) is 0 Å². The van der Waals surface area contributed by atoms with E-state index >= 15 is 0 Å². The molecule has 1 atom stereocenters. The van der Waals surface area contributed by atoms with Gasteiger partial charge in [-0.15, -0.1) is 9.05 Å². The van der Waals surface area contributed by atoms with Crippen LogP contribution in [0.4, 0.5) is 0 Å². The first-order valence-corrected chi connectivity index (χ1v) is 8.07. The van der Waals surface area contributed by atoms with Gasteiger partial charge in [0.05, 0.1) is 7.11 Å². The van der Waals surface area contributed by atoms with Crippen LogP contribution in [0.3, 0.4) is 0 Å². The SMILES string of the molecule is CO[P+](=O)OCc1cc(C(C)(C)C)c(O)c(C(C)(C)C)c1. The normalized spacial score (nSPS) is 13.4. The molecule has 5 heteroatoms. The number of hydrogen-bond acceptors (Lipinski definition) is 4. The largest absolute Gasteiger partial charge is 0.697 e. The van der Waals surface area contributed by atoms with Crippen molar-refractivity contribution in [1.82, 2.24) is 0 Å². The monoisotopic (exact) mass is 313 g/mol. The third-order valence-corrected chi connectivity index (χ3v) is 3.91. The molecule has 0 radical (unpaired) electrons.